The Labute approximate surface area is 104 Å². The van der Waals surface area contributed by atoms with Crippen molar-refractivity contribution in [1.29, 1.82) is 0 Å². The molecular formula is C12H23NO3S. The molecule has 1 fully saturated rings. The Bertz CT molecular complexity index is 381. The lowest BCUT2D eigenvalue weighted by molar-refractivity contribution is -0.117. The average molecular weight is 261 g/mol. The van der Waals surface area contributed by atoms with E-state index in [1.165, 1.54) is 6.92 Å². The number of hydrogen-bond donors (Lipinski definition) is 0. The molecule has 5 heteroatoms. The molecule has 1 aliphatic rings. The third-order valence-corrected chi connectivity index (χ3v) is 5.25. The summed E-state index contributed by atoms with van der Waals surface area (Å²) in [7, 11) is -3.23. The van der Waals surface area contributed by atoms with Gasteiger partial charge in [0, 0.05) is 19.0 Å². The molecule has 17 heavy (non-hydrogen) atoms. The first-order valence-corrected chi connectivity index (χ1v) is 7.72. The summed E-state index contributed by atoms with van der Waals surface area (Å²) in [6.07, 6.45) is 2.02. The number of Topliss-reactive ketones (excluding diaryl/α,β-unsaturated/α-hetero) is 1. The van der Waals surface area contributed by atoms with Gasteiger partial charge in [-0.2, -0.15) is 4.31 Å². The van der Waals surface area contributed by atoms with E-state index in [1.54, 1.807) is 4.31 Å². The average Bonchev–Trinajstić information content (AvgIpc) is 2.46. The van der Waals surface area contributed by atoms with Crippen LogP contribution in [-0.2, 0) is 14.8 Å². The third-order valence-electron chi connectivity index (χ3n) is 2.82. The fourth-order valence-corrected chi connectivity index (χ4v) is 4.64. The van der Waals surface area contributed by atoms with Crippen LogP contribution in [0.15, 0.2) is 0 Å². The van der Waals surface area contributed by atoms with Crippen LogP contribution in [-0.4, -0.2) is 36.8 Å². The highest BCUT2D eigenvalue weighted by atomic mass is 32.2. The van der Waals surface area contributed by atoms with E-state index in [2.05, 4.69) is 0 Å². The lowest BCUT2D eigenvalue weighted by Crippen LogP contribution is -2.40. The molecule has 1 unspecified atom stereocenters. The number of nitrogens with zero attached hydrogens (tertiary/aromatic N) is 1. The molecule has 0 spiro atoms. The summed E-state index contributed by atoms with van der Waals surface area (Å²) in [5.74, 6) is 0.210. The molecule has 0 aliphatic carbocycles. The standard InChI is InChI=1S/C12H23NO3S/c1-10(14)8-11-6-5-7-13(11)17(15,16)9-12(2,3)4/h11H,5-9H2,1-4H3. The summed E-state index contributed by atoms with van der Waals surface area (Å²) in [5, 5.41) is 0. The van der Waals surface area contributed by atoms with Crippen molar-refractivity contribution < 1.29 is 13.2 Å². The fourth-order valence-electron chi connectivity index (χ4n) is 2.34. The van der Waals surface area contributed by atoms with E-state index >= 15 is 0 Å². The summed E-state index contributed by atoms with van der Waals surface area (Å²) in [4.78, 5) is 11.1. The second-order valence-corrected chi connectivity index (χ2v) is 8.05. The van der Waals surface area contributed by atoms with Crippen molar-refractivity contribution in [2.75, 3.05) is 12.3 Å². The van der Waals surface area contributed by atoms with Gasteiger partial charge in [-0.05, 0) is 25.2 Å². The number of hydrogen-bond acceptors (Lipinski definition) is 3. The van der Waals surface area contributed by atoms with Crippen LogP contribution in [0.3, 0.4) is 0 Å². The molecule has 4 nitrogen and oxygen atoms in total. The molecule has 1 rings (SSSR count). The summed E-state index contributed by atoms with van der Waals surface area (Å²) in [5.41, 5.74) is -0.248. The first kappa shape index (κ1) is 14.6. The van der Waals surface area contributed by atoms with Crippen LogP contribution in [0.2, 0.25) is 0 Å². The van der Waals surface area contributed by atoms with Crippen molar-refractivity contribution >= 4 is 15.8 Å². The predicted octanol–water partition coefficient (Wildman–Crippen LogP) is 1.81. The lowest BCUT2D eigenvalue weighted by atomic mass is 10.0. The molecule has 0 bridgehead atoms. The predicted molar refractivity (Wildman–Crippen MR) is 68.3 cm³/mol. The molecule has 0 saturated carbocycles. The van der Waals surface area contributed by atoms with Gasteiger partial charge in [-0.3, -0.25) is 4.79 Å². The Kier molecular flexibility index (Phi) is 4.36. The van der Waals surface area contributed by atoms with E-state index < -0.39 is 10.0 Å². The van der Waals surface area contributed by atoms with E-state index in [1.807, 2.05) is 20.8 Å². The van der Waals surface area contributed by atoms with Gasteiger partial charge in [0.15, 0.2) is 0 Å². The van der Waals surface area contributed by atoms with Crippen LogP contribution in [0.4, 0.5) is 0 Å². The van der Waals surface area contributed by atoms with Crippen LogP contribution < -0.4 is 0 Å². The first-order valence-electron chi connectivity index (χ1n) is 6.11. The lowest BCUT2D eigenvalue weighted by Gasteiger charge is -2.27. The minimum Gasteiger partial charge on any atom is -0.300 e. The Morgan fingerprint density at radius 2 is 1.94 bits per heavy atom. The van der Waals surface area contributed by atoms with Gasteiger partial charge in [0.05, 0.1) is 5.75 Å². The summed E-state index contributed by atoms with van der Waals surface area (Å²) < 4.78 is 26.1. The van der Waals surface area contributed by atoms with E-state index in [4.69, 9.17) is 0 Å². The number of carbonyl (C=O) groups excluding carboxylic acids is 1. The number of carbonyl (C=O) groups is 1. The van der Waals surface area contributed by atoms with Gasteiger partial charge in [-0.15, -0.1) is 0 Å². The second kappa shape index (κ2) is 5.06. The maximum Gasteiger partial charge on any atom is 0.214 e. The highest BCUT2D eigenvalue weighted by molar-refractivity contribution is 7.89. The van der Waals surface area contributed by atoms with Gasteiger partial charge >= 0.3 is 0 Å². The van der Waals surface area contributed by atoms with Gasteiger partial charge < -0.3 is 0 Å². The van der Waals surface area contributed by atoms with Gasteiger partial charge in [-0.1, -0.05) is 20.8 Å². The smallest absolute Gasteiger partial charge is 0.214 e. The zero-order valence-corrected chi connectivity index (χ0v) is 12.0. The fraction of sp³-hybridized carbons (Fsp3) is 0.917. The van der Waals surface area contributed by atoms with Gasteiger partial charge in [0.25, 0.3) is 0 Å². The molecule has 0 radical (unpaired) electrons. The molecule has 100 valence electrons. The SMILES string of the molecule is CC(=O)CC1CCCN1S(=O)(=O)CC(C)(C)C. The van der Waals surface area contributed by atoms with E-state index in [0.29, 0.717) is 13.0 Å². The number of sulfonamides is 1. The van der Waals surface area contributed by atoms with E-state index in [-0.39, 0.29) is 23.0 Å². The van der Waals surface area contributed by atoms with Gasteiger partial charge in [-0.25, -0.2) is 8.42 Å². The highest BCUT2D eigenvalue weighted by Crippen LogP contribution is 2.27. The molecule has 1 atom stereocenters. The van der Waals surface area contributed by atoms with Crippen molar-refractivity contribution in [1.82, 2.24) is 4.31 Å². The molecule has 0 aromatic heterocycles. The van der Waals surface area contributed by atoms with Gasteiger partial charge in [0.1, 0.15) is 5.78 Å². The van der Waals surface area contributed by atoms with Crippen LogP contribution in [0.1, 0.15) is 47.0 Å². The van der Waals surface area contributed by atoms with E-state index in [9.17, 15) is 13.2 Å². The monoisotopic (exact) mass is 261 g/mol. The molecule has 1 saturated heterocycles. The summed E-state index contributed by atoms with van der Waals surface area (Å²) in [6, 6.07) is -0.111. The molecule has 0 aromatic rings. The Balaban J connectivity index is 2.80. The second-order valence-electron chi connectivity index (χ2n) is 6.13. The summed E-state index contributed by atoms with van der Waals surface area (Å²) >= 11 is 0. The topological polar surface area (TPSA) is 54.5 Å². The quantitative estimate of drug-likeness (QED) is 0.775. The minimum atomic E-state index is -3.23. The molecule has 1 heterocycles. The number of ketones is 1. The zero-order valence-electron chi connectivity index (χ0n) is 11.2. The Hall–Kier alpha value is -0.420. The number of rotatable bonds is 4. The van der Waals surface area contributed by atoms with Crippen LogP contribution in [0.5, 0.6) is 0 Å². The third kappa shape index (κ3) is 4.39. The van der Waals surface area contributed by atoms with Crippen molar-refractivity contribution in [3.63, 3.8) is 0 Å². The maximum atomic E-state index is 12.3. The van der Waals surface area contributed by atoms with E-state index in [0.717, 1.165) is 12.8 Å². The minimum absolute atomic E-state index is 0.0628. The maximum absolute atomic E-state index is 12.3. The molecule has 0 amide bonds. The van der Waals surface area contributed by atoms with Crippen molar-refractivity contribution in [3.8, 4) is 0 Å². The van der Waals surface area contributed by atoms with Crippen molar-refractivity contribution in [2.45, 2.75) is 53.0 Å². The van der Waals surface area contributed by atoms with Crippen LogP contribution >= 0.6 is 0 Å². The Morgan fingerprint density at radius 3 is 2.41 bits per heavy atom. The summed E-state index contributed by atoms with van der Waals surface area (Å²) in [6.45, 7) is 7.84. The van der Waals surface area contributed by atoms with Crippen LogP contribution in [0, 0.1) is 5.41 Å². The molecular weight excluding hydrogens is 238 g/mol. The van der Waals surface area contributed by atoms with Gasteiger partial charge in [0.2, 0.25) is 10.0 Å². The van der Waals surface area contributed by atoms with Crippen molar-refractivity contribution in [2.24, 2.45) is 5.41 Å². The normalized spacial score (nSPS) is 22.9. The van der Waals surface area contributed by atoms with Crippen molar-refractivity contribution in [3.05, 3.63) is 0 Å². The molecule has 0 N–H and O–H groups in total. The highest BCUT2D eigenvalue weighted by Gasteiger charge is 2.36. The molecule has 0 aromatic carbocycles. The van der Waals surface area contributed by atoms with Crippen LogP contribution in [0.25, 0.3) is 0 Å². The first-order chi connectivity index (χ1) is 7.62. The Morgan fingerprint density at radius 1 is 1.35 bits per heavy atom. The molecule has 1 aliphatic heterocycles. The largest absolute Gasteiger partial charge is 0.300 e. The zero-order chi connectivity index (χ0) is 13.3.